The average Bonchev–Trinajstić information content (AvgIpc) is 3.37. The van der Waals surface area contributed by atoms with E-state index in [1.807, 2.05) is 47.8 Å². The Morgan fingerprint density at radius 1 is 0.963 bits per heavy atom. The molecule has 2 aromatic heterocycles. The first-order chi connectivity index (χ1) is 13.2. The van der Waals surface area contributed by atoms with Gasteiger partial charge in [-0.25, -0.2) is 9.66 Å². The number of fused-ring (bicyclic) bond motifs is 1. The summed E-state index contributed by atoms with van der Waals surface area (Å²) < 4.78 is 1.60. The summed E-state index contributed by atoms with van der Waals surface area (Å²) in [4.78, 5) is 29.4. The number of benzene rings is 2. The molecular weight excluding hydrogens is 360 g/mol. The fourth-order valence-corrected chi connectivity index (χ4v) is 3.31. The molecule has 134 valence electrons. The van der Waals surface area contributed by atoms with Gasteiger partial charge in [0.25, 0.3) is 11.8 Å². The third-order valence-electron chi connectivity index (χ3n) is 4.09. The summed E-state index contributed by atoms with van der Waals surface area (Å²) in [7, 11) is 0. The Labute approximate surface area is 159 Å². The monoisotopic (exact) mass is 376 g/mol. The zero-order chi connectivity index (χ0) is 18.6. The van der Waals surface area contributed by atoms with Crippen molar-refractivity contribution >= 4 is 34.2 Å². The molecule has 0 atom stereocenters. The van der Waals surface area contributed by atoms with Gasteiger partial charge in [0, 0.05) is 12.1 Å². The molecule has 0 radical (unpaired) electrons. The lowest BCUT2D eigenvalue weighted by Gasteiger charge is -2.08. The van der Waals surface area contributed by atoms with Gasteiger partial charge in [-0.2, -0.15) is 0 Å². The van der Waals surface area contributed by atoms with Crippen molar-refractivity contribution in [3.63, 3.8) is 0 Å². The van der Waals surface area contributed by atoms with Gasteiger partial charge in [0.15, 0.2) is 0 Å². The highest BCUT2D eigenvalue weighted by Crippen LogP contribution is 2.12. The molecule has 0 saturated heterocycles. The Morgan fingerprint density at radius 3 is 2.56 bits per heavy atom. The number of para-hydroxylation sites is 2. The molecular formula is C20H16N4O2S. The summed E-state index contributed by atoms with van der Waals surface area (Å²) in [5.74, 6) is -0.328. The molecule has 0 aliphatic rings. The van der Waals surface area contributed by atoms with Gasteiger partial charge >= 0.3 is 0 Å². The number of rotatable bonds is 5. The molecule has 4 rings (SSSR count). The van der Waals surface area contributed by atoms with E-state index in [1.54, 1.807) is 29.2 Å². The average molecular weight is 376 g/mol. The highest BCUT2D eigenvalue weighted by Gasteiger charge is 2.09. The topological polar surface area (TPSA) is 76.0 Å². The maximum atomic E-state index is 12.5. The minimum absolute atomic E-state index is 0.0983. The van der Waals surface area contributed by atoms with Crippen LogP contribution in [-0.4, -0.2) is 21.5 Å². The number of hydrogen-bond acceptors (Lipinski definition) is 4. The normalized spacial score (nSPS) is 10.7. The molecule has 0 spiro atoms. The molecule has 2 amide bonds. The van der Waals surface area contributed by atoms with Crippen molar-refractivity contribution < 1.29 is 9.59 Å². The van der Waals surface area contributed by atoms with Crippen LogP contribution < -0.4 is 10.7 Å². The second-order valence-electron chi connectivity index (χ2n) is 5.90. The summed E-state index contributed by atoms with van der Waals surface area (Å²) in [6, 6.07) is 18.3. The number of hydrogen-bond donors (Lipinski definition) is 2. The molecule has 2 N–H and O–H groups in total. The fourth-order valence-electron chi connectivity index (χ4n) is 2.67. The van der Waals surface area contributed by atoms with E-state index in [0.717, 1.165) is 16.6 Å². The van der Waals surface area contributed by atoms with Crippen LogP contribution in [0.2, 0.25) is 0 Å². The fraction of sp³-hybridized carbons (Fsp3) is 0.0500. The Morgan fingerprint density at radius 2 is 1.78 bits per heavy atom. The summed E-state index contributed by atoms with van der Waals surface area (Å²) in [6.07, 6.45) is 1.58. The van der Waals surface area contributed by atoms with E-state index in [-0.39, 0.29) is 11.8 Å². The van der Waals surface area contributed by atoms with Crippen molar-refractivity contribution in [3.8, 4) is 0 Å². The smallest absolute Gasteiger partial charge is 0.270 e. The first-order valence-corrected chi connectivity index (χ1v) is 9.23. The minimum atomic E-state index is -0.229. The van der Waals surface area contributed by atoms with E-state index in [4.69, 9.17) is 0 Å². The predicted octanol–water partition coefficient (Wildman–Crippen LogP) is 3.41. The van der Waals surface area contributed by atoms with Gasteiger partial charge in [-0.15, -0.1) is 11.3 Å². The Bertz CT molecular complexity index is 1080. The third kappa shape index (κ3) is 3.73. The van der Waals surface area contributed by atoms with Crippen LogP contribution >= 0.6 is 11.3 Å². The van der Waals surface area contributed by atoms with Crippen LogP contribution in [0, 0.1) is 0 Å². The van der Waals surface area contributed by atoms with Gasteiger partial charge in [-0.05, 0) is 41.3 Å². The molecule has 4 aromatic rings. The number of amides is 2. The zero-order valence-electron chi connectivity index (χ0n) is 14.3. The maximum absolute atomic E-state index is 12.5. The molecule has 0 bridgehead atoms. The van der Waals surface area contributed by atoms with Gasteiger partial charge in [0.2, 0.25) is 0 Å². The van der Waals surface area contributed by atoms with Crippen molar-refractivity contribution in [3.05, 3.63) is 88.4 Å². The van der Waals surface area contributed by atoms with Crippen LogP contribution in [-0.2, 0) is 6.54 Å². The zero-order valence-corrected chi connectivity index (χ0v) is 15.1. The number of carbonyl (C=O) groups excluding carboxylic acids is 2. The number of imidazole rings is 1. The Balaban J connectivity index is 1.39. The molecule has 0 aliphatic heterocycles. The van der Waals surface area contributed by atoms with Gasteiger partial charge in [0.05, 0.1) is 15.9 Å². The van der Waals surface area contributed by atoms with Crippen molar-refractivity contribution in [1.82, 2.24) is 15.0 Å². The third-order valence-corrected chi connectivity index (χ3v) is 4.96. The Kier molecular flexibility index (Phi) is 4.67. The standard InChI is InChI=1S/C20H16N4O2S/c25-19(23-24-13-22-16-4-1-2-5-17(16)24)15-9-7-14(8-10-15)12-21-20(26)18-6-3-11-27-18/h1-11,13H,12H2,(H,21,26)(H,23,25). The van der Waals surface area contributed by atoms with E-state index in [1.165, 1.54) is 11.3 Å². The quantitative estimate of drug-likeness (QED) is 0.560. The second kappa shape index (κ2) is 7.43. The summed E-state index contributed by atoms with van der Waals surface area (Å²) in [6.45, 7) is 0.408. The first-order valence-electron chi connectivity index (χ1n) is 8.35. The summed E-state index contributed by atoms with van der Waals surface area (Å²) >= 11 is 1.40. The van der Waals surface area contributed by atoms with E-state index in [0.29, 0.717) is 17.0 Å². The lowest BCUT2D eigenvalue weighted by Crippen LogP contribution is -2.23. The number of nitrogens with one attached hydrogen (secondary N) is 2. The van der Waals surface area contributed by atoms with E-state index >= 15 is 0 Å². The second-order valence-corrected chi connectivity index (χ2v) is 6.85. The van der Waals surface area contributed by atoms with Crippen molar-refractivity contribution in [1.29, 1.82) is 0 Å². The Hall–Kier alpha value is -3.45. The number of nitrogens with zero attached hydrogens (tertiary/aromatic N) is 2. The summed E-state index contributed by atoms with van der Waals surface area (Å²) in [5, 5.41) is 4.73. The van der Waals surface area contributed by atoms with Crippen LogP contribution in [0.15, 0.2) is 72.4 Å². The lowest BCUT2D eigenvalue weighted by atomic mass is 10.1. The van der Waals surface area contributed by atoms with Gasteiger partial charge in [-0.1, -0.05) is 30.3 Å². The van der Waals surface area contributed by atoms with Gasteiger partial charge in [-0.3, -0.25) is 15.0 Å². The van der Waals surface area contributed by atoms with Crippen LogP contribution in [0.1, 0.15) is 25.6 Å². The van der Waals surface area contributed by atoms with Gasteiger partial charge < -0.3 is 5.32 Å². The van der Waals surface area contributed by atoms with Crippen molar-refractivity contribution in [2.24, 2.45) is 0 Å². The molecule has 7 heteroatoms. The van der Waals surface area contributed by atoms with Gasteiger partial charge in [0.1, 0.15) is 6.33 Å². The number of aromatic nitrogens is 2. The molecule has 0 aliphatic carbocycles. The van der Waals surface area contributed by atoms with Crippen LogP contribution in [0.5, 0.6) is 0 Å². The van der Waals surface area contributed by atoms with Crippen LogP contribution in [0.3, 0.4) is 0 Å². The van der Waals surface area contributed by atoms with E-state index in [9.17, 15) is 9.59 Å². The SMILES string of the molecule is O=C(Nn1cnc2ccccc21)c1ccc(CNC(=O)c2cccs2)cc1. The molecule has 2 aromatic carbocycles. The first kappa shape index (κ1) is 17.0. The number of thiophene rings is 1. The molecule has 6 nitrogen and oxygen atoms in total. The molecule has 0 saturated carbocycles. The maximum Gasteiger partial charge on any atom is 0.270 e. The molecule has 2 heterocycles. The van der Waals surface area contributed by atoms with E-state index in [2.05, 4.69) is 15.7 Å². The van der Waals surface area contributed by atoms with E-state index < -0.39 is 0 Å². The minimum Gasteiger partial charge on any atom is -0.347 e. The van der Waals surface area contributed by atoms with Crippen LogP contribution in [0.4, 0.5) is 0 Å². The molecule has 27 heavy (non-hydrogen) atoms. The largest absolute Gasteiger partial charge is 0.347 e. The summed E-state index contributed by atoms with van der Waals surface area (Å²) in [5.41, 5.74) is 5.91. The highest BCUT2D eigenvalue weighted by molar-refractivity contribution is 7.12. The molecule has 0 fully saturated rings. The number of carbonyl (C=O) groups is 2. The molecule has 0 unspecified atom stereocenters. The van der Waals surface area contributed by atoms with Crippen molar-refractivity contribution in [2.75, 3.05) is 5.43 Å². The van der Waals surface area contributed by atoms with Crippen molar-refractivity contribution in [2.45, 2.75) is 6.54 Å². The van der Waals surface area contributed by atoms with Crippen LogP contribution in [0.25, 0.3) is 11.0 Å². The predicted molar refractivity (Wildman–Crippen MR) is 105 cm³/mol. The lowest BCUT2D eigenvalue weighted by molar-refractivity contribution is 0.0953. The highest BCUT2D eigenvalue weighted by atomic mass is 32.1.